The fourth-order valence-corrected chi connectivity index (χ4v) is 5.20. The number of amides is 2. The van der Waals surface area contributed by atoms with Gasteiger partial charge in [-0.1, -0.05) is 58.7 Å². The van der Waals surface area contributed by atoms with Crippen molar-refractivity contribution in [3.05, 3.63) is 93.2 Å². The lowest BCUT2D eigenvalue weighted by Gasteiger charge is -2.32. The average Bonchev–Trinajstić information content (AvgIpc) is 2.80. The molecule has 5 nitrogen and oxygen atoms in total. The van der Waals surface area contributed by atoms with Gasteiger partial charge in [0.15, 0.2) is 5.17 Å². The molecule has 1 N–H and O–H groups in total. The van der Waals surface area contributed by atoms with Gasteiger partial charge < -0.3 is 5.32 Å². The van der Waals surface area contributed by atoms with Crippen molar-refractivity contribution >= 4 is 74.9 Å². The van der Waals surface area contributed by atoms with Gasteiger partial charge in [-0.05, 0) is 66.6 Å². The van der Waals surface area contributed by atoms with E-state index in [0.717, 1.165) is 5.56 Å². The molecule has 0 saturated carbocycles. The summed E-state index contributed by atoms with van der Waals surface area (Å²) in [7, 11) is 0. The summed E-state index contributed by atoms with van der Waals surface area (Å²) in [6.07, 6.45) is 0.498. The van der Waals surface area contributed by atoms with E-state index in [1.54, 1.807) is 59.5 Å². The number of carbonyl (C=O) groups excluding carboxylic acids is 2. The van der Waals surface area contributed by atoms with Crippen molar-refractivity contribution in [3.8, 4) is 0 Å². The molecule has 180 valence electrons. The highest BCUT2D eigenvalue weighted by molar-refractivity contribution is 8.15. The van der Waals surface area contributed by atoms with Gasteiger partial charge in [0.25, 0.3) is 0 Å². The smallest absolute Gasteiger partial charge is 0.238 e. The molecule has 1 atom stereocenters. The van der Waals surface area contributed by atoms with Crippen LogP contribution in [0.4, 0.5) is 15.8 Å². The van der Waals surface area contributed by atoms with E-state index in [2.05, 4.69) is 10.3 Å². The summed E-state index contributed by atoms with van der Waals surface area (Å²) in [4.78, 5) is 32.3. The molecular formula is C25H19Cl3FN3O2S. The second-order valence-electron chi connectivity index (χ2n) is 7.75. The third kappa shape index (κ3) is 6.98. The van der Waals surface area contributed by atoms with Crippen LogP contribution in [0.1, 0.15) is 12.0 Å². The molecule has 0 unspecified atom stereocenters. The van der Waals surface area contributed by atoms with Crippen molar-refractivity contribution in [2.45, 2.75) is 18.1 Å². The highest BCUT2D eigenvalue weighted by atomic mass is 35.5. The first-order valence-electron chi connectivity index (χ1n) is 10.6. The lowest BCUT2D eigenvalue weighted by atomic mass is 10.1. The summed E-state index contributed by atoms with van der Waals surface area (Å²) in [5.41, 5.74) is 1.92. The molecule has 0 bridgehead atoms. The first kappa shape index (κ1) is 25.5. The van der Waals surface area contributed by atoms with Crippen molar-refractivity contribution in [2.24, 2.45) is 4.99 Å². The predicted molar refractivity (Wildman–Crippen MR) is 141 cm³/mol. The SMILES string of the molecule is O=C(Nc1cc(Cl)cc(Cl)c1)[C@@H]1CC(=O)N(CCc2ccc(F)cc2)C(=Nc2ccc(Cl)cc2)S1. The minimum absolute atomic E-state index is 0.00610. The number of benzene rings is 3. The number of hydrogen-bond acceptors (Lipinski definition) is 4. The second kappa shape index (κ2) is 11.4. The van der Waals surface area contributed by atoms with Crippen molar-refractivity contribution in [1.82, 2.24) is 4.90 Å². The largest absolute Gasteiger partial charge is 0.325 e. The molecule has 2 amide bonds. The highest BCUT2D eigenvalue weighted by Gasteiger charge is 2.35. The molecule has 0 spiro atoms. The Bertz CT molecular complexity index is 1250. The fourth-order valence-electron chi connectivity index (χ4n) is 3.43. The number of thioether (sulfide) groups is 1. The Hall–Kier alpha value is -2.58. The second-order valence-corrected chi connectivity index (χ2v) is 10.2. The third-order valence-electron chi connectivity index (χ3n) is 5.15. The lowest BCUT2D eigenvalue weighted by Crippen LogP contribution is -2.46. The molecule has 1 heterocycles. The van der Waals surface area contributed by atoms with Gasteiger partial charge in [0.2, 0.25) is 11.8 Å². The van der Waals surface area contributed by atoms with E-state index in [1.165, 1.54) is 23.9 Å². The summed E-state index contributed by atoms with van der Waals surface area (Å²) < 4.78 is 13.2. The summed E-state index contributed by atoms with van der Waals surface area (Å²) >= 11 is 19.2. The van der Waals surface area contributed by atoms with E-state index in [0.29, 0.717) is 44.6 Å². The van der Waals surface area contributed by atoms with Crippen LogP contribution in [0.3, 0.4) is 0 Å². The van der Waals surface area contributed by atoms with Crippen molar-refractivity contribution < 1.29 is 14.0 Å². The Morgan fingerprint density at radius 3 is 2.31 bits per heavy atom. The van der Waals surface area contributed by atoms with Crippen LogP contribution >= 0.6 is 46.6 Å². The standard InChI is InChI=1S/C25H19Cl3FN3O2S/c26-16-3-7-20(8-4-16)31-25-32(10-9-15-1-5-19(29)6-2-15)23(33)14-22(35-25)24(34)30-21-12-17(27)11-18(28)13-21/h1-8,11-13,22H,9-10,14H2,(H,30,34)/t22-/m0/s1. The molecule has 1 aliphatic heterocycles. The zero-order chi connectivity index (χ0) is 24.9. The molecule has 0 aromatic heterocycles. The Morgan fingerprint density at radius 2 is 1.66 bits per heavy atom. The molecule has 3 aromatic rings. The molecule has 0 aliphatic carbocycles. The van der Waals surface area contributed by atoms with Crippen LogP contribution in [0.25, 0.3) is 0 Å². The van der Waals surface area contributed by atoms with Gasteiger partial charge >= 0.3 is 0 Å². The van der Waals surface area contributed by atoms with Crippen LogP contribution in [-0.4, -0.2) is 33.7 Å². The normalized spacial score (nSPS) is 17.0. The lowest BCUT2D eigenvalue weighted by molar-refractivity contribution is -0.129. The van der Waals surface area contributed by atoms with Gasteiger partial charge in [0, 0.05) is 33.7 Å². The molecule has 10 heteroatoms. The Kier molecular flexibility index (Phi) is 8.34. The average molecular weight is 551 g/mol. The Balaban J connectivity index is 1.55. The van der Waals surface area contributed by atoms with Gasteiger partial charge in [0.1, 0.15) is 11.1 Å². The molecule has 4 rings (SSSR count). The maximum atomic E-state index is 13.2. The van der Waals surface area contributed by atoms with Gasteiger partial charge in [0.05, 0.1) is 5.69 Å². The Morgan fingerprint density at radius 1 is 1.00 bits per heavy atom. The minimum atomic E-state index is -0.701. The fraction of sp³-hybridized carbons (Fsp3) is 0.160. The van der Waals surface area contributed by atoms with E-state index in [4.69, 9.17) is 34.8 Å². The summed E-state index contributed by atoms with van der Waals surface area (Å²) in [5.74, 6) is -0.912. The predicted octanol–water partition coefficient (Wildman–Crippen LogP) is 6.99. The van der Waals surface area contributed by atoms with Gasteiger partial charge in [-0.15, -0.1) is 0 Å². The van der Waals surface area contributed by atoms with Crippen LogP contribution in [0.5, 0.6) is 0 Å². The van der Waals surface area contributed by atoms with E-state index >= 15 is 0 Å². The number of hydrogen-bond donors (Lipinski definition) is 1. The number of nitrogens with one attached hydrogen (secondary N) is 1. The van der Waals surface area contributed by atoms with E-state index in [-0.39, 0.29) is 24.1 Å². The van der Waals surface area contributed by atoms with Crippen LogP contribution in [0, 0.1) is 5.82 Å². The number of aliphatic imine (C=N–C) groups is 1. The summed E-state index contributed by atoms with van der Waals surface area (Å²) in [6, 6.07) is 17.7. The van der Waals surface area contributed by atoms with E-state index < -0.39 is 5.25 Å². The molecule has 1 aliphatic rings. The van der Waals surface area contributed by atoms with Crippen LogP contribution < -0.4 is 5.32 Å². The van der Waals surface area contributed by atoms with Crippen molar-refractivity contribution in [1.29, 1.82) is 0 Å². The zero-order valence-electron chi connectivity index (χ0n) is 18.2. The minimum Gasteiger partial charge on any atom is -0.325 e. The first-order chi connectivity index (χ1) is 16.8. The molecule has 3 aromatic carbocycles. The van der Waals surface area contributed by atoms with Crippen LogP contribution in [0.2, 0.25) is 15.1 Å². The number of carbonyl (C=O) groups is 2. The highest BCUT2D eigenvalue weighted by Crippen LogP contribution is 2.31. The van der Waals surface area contributed by atoms with Crippen LogP contribution in [0.15, 0.2) is 71.7 Å². The molecule has 1 saturated heterocycles. The van der Waals surface area contributed by atoms with E-state index in [9.17, 15) is 14.0 Å². The first-order valence-corrected chi connectivity index (χ1v) is 12.6. The summed E-state index contributed by atoms with van der Waals surface area (Å²) in [5, 5.41) is 3.81. The monoisotopic (exact) mass is 549 g/mol. The third-order valence-corrected chi connectivity index (χ3v) is 7.03. The molecule has 0 radical (unpaired) electrons. The number of nitrogens with zero attached hydrogens (tertiary/aromatic N) is 2. The topological polar surface area (TPSA) is 61.8 Å². The number of rotatable bonds is 6. The molecule has 1 fully saturated rings. The summed E-state index contributed by atoms with van der Waals surface area (Å²) in [6.45, 7) is 0.335. The zero-order valence-corrected chi connectivity index (χ0v) is 21.3. The quantitative estimate of drug-likeness (QED) is 0.360. The van der Waals surface area contributed by atoms with Crippen molar-refractivity contribution in [2.75, 3.05) is 11.9 Å². The maximum Gasteiger partial charge on any atom is 0.238 e. The van der Waals surface area contributed by atoms with Crippen LogP contribution in [-0.2, 0) is 16.0 Å². The maximum absolute atomic E-state index is 13.2. The van der Waals surface area contributed by atoms with Gasteiger partial charge in [-0.3, -0.25) is 14.5 Å². The molecule has 35 heavy (non-hydrogen) atoms. The Labute approximate surface area is 221 Å². The van der Waals surface area contributed by atoms with E-state index in [1.807, 2.05) is 0 Å². The van der Waals surface area contributed by atoms with Gasteiger partial charge in [-0.25, -0.2) is 9.38 Å². The number of halogens is 4. The number of anilines is 1. The van der Waals surface area contributed by atoms with Gasteiger partial charge in [-0.2, -0.15) is 0 Å². The molecular weight excluding hydrogens is 532 g/mol. The number of amidine groups is 1. The van der Waals surface area contributed by atoms with Crippen molar-refractivity contribution in [3.63, 3.8) is 0 Å².